The summed E-state index contributed by atoms with van der Waals surface area (Å²) in [5.41, 5.74) is 0. The van der Waals surface area contributed by atoms with Gasteiger partial charge in [0.05, 0.1) is 0 Å². The molecule has 2 aliphatic heterocycles. The predicted molar refractivity (Wildman–Crippen MR) is 76.3 cm³/mol. The molecule has 4 heteroatoms. The largest absolute Gasteiger partial charge is 0.480 e. The molecule has 2 rings (SSSR count). The van der Waals surface area contributed by atoms with E-state index in [0.717, 1.165) is 19.5 Å². The Hall–Kier alpha value is -0.610. The third kappa shape index (κ3) is 4.46. The van der Waals surface area contributed by atoms with E-state index < -0.39 is 5.97 Å². The van der Waals surface area contributed by atoms with Crippen LogP contribution in [0.2, 0.25) is 0 Å². The summed E-state index contributed by atoms with van der Waals surface area (Å²) in [5, 5.41) is 9.13. The molecule has 19 heavy (non-hydrogen) atoms. The van der Waals surface area contributed by atoms with E-state index in [0.29, 0.717) is 5.92 Å². The SMILES string of the molecule is C[C@H](C(=O)O)N1CCC[C@@H](CN2CCCCCC2)C1. The van der Waals surface area contributed by atoms with Crippen LogP contribution in [0.15, 0.2) is 0 Å². The van der Waals surface area contributed by atoms with E-state index in [1.165, 1.54) is 51.7 Å². The zero-order valence-electron chi connectivity index (χ0n) is 12.2. The van der Waals surface area contributed by atoms with Gasteiger partial charge in [-0.15, -0.1) is 0 Å². The van der Waals surface area contributed by atoms with Crippen LogP contribution >= 0.6 is 0 Å². The van der Waals surface area contributed by atoms with E-state index in [9.17, 15) is 4.79 Å². The third-order valence-corrected chi connectivity index (χ3v) is 4.67. The van der Waals surface area contributed by atoms with Crippen molar-refractivity contribution >= 4 is 5.97 Å². The number of piperidine rings is 1. The lowest BCUT2D eigenvalue weighted by Gasteiger charge is -2.37. The fraction of sp³-hybridized carbons (Fsp3) is 0.933. The van der Waals surface area contributed by atoms with Crippen molar-refractivity contribution in [1.82, 2.24) is 9.80 Å². The van der Waals surface area contributed by atoms with Gasteiger partial charge >= 0.3 is 5.97 Å². The summed E-state index contributed by atoms with van der Waals surface area (Å²) in [6.07, 6.45) is 7.84. The first-order valence-corrected chi connectivity index (χ1v) is 7.86. The summed E-state index contributed by atoms with van der Waals surface area (Å²) in [4.78, 5) is 15.8. The number of likely N-dealkylation sites (tertiary alicyclic amines) is 2. The van der Waals surface area contributed by atoms with Gasteiger partial charge in [0.1, 0.15) is 6.04 Å². The van der Waals surface area contributed by atoms with Gasteiger partial charge in [0.2, 0.25) is 0 Å². The molecule has 2 aliphatic rings. The Morgan fingerprint density at radius 1 is 1.16 bits per heavy atom. The van der Waals surface area contributed by atoms with Crippen molar-refractivity contribution in [3.05, 3.63) is 0 Å². The summed E-state index contributed by atoms with van der Waals surface area (Å²) in [5.74, 6) is -0.0240. The molecular formula is C15H28N2O2. The van der Waals surface area contributed by atoms with Crippen LogP contribution in [0.5, 0.6) is 0 Å². The molecule has 110 valence electrons. The van der Waals surface area contributed by atoms with Gasteiger partial charge in [-0.05, 0) is 58.2 Å². The minimum atomic E-state index is -0.685. The molecule has 0 amide bonds. The topological polar surface area (TPSA) is 43.8 Å². The molecule has 1 N–H and O–H groups in total. The Kier molecular flexibility index (Phi) is 5.64. The van der Waals surface area contributed by atoms with Crippen molar-refractivity contribution in [2.75, 3.05) is 32.7 Å². The van der Waals surface area contributed by atoms with Gasteiger partial charge in [-0.25, -0.2) is 0 Å². The fourth-order valence-electron chi connectivity index (χ4n) is 3.44. The summed E-state index contributed by atoms with van der Waals surface area (Å²) in [7, 11) is 0. The molecule has 0 aliphatic carbocycles. The Labute approximate surface area is 116 Å². The number of nitrogens with zero attached hydrogens (tertiary/aromatic N) is 2. The molecule has 0 radical (unpaired) electrons. The van der Waals surface area contributed by atoms with Gasteiger partial charge in [0.15, 0.2) is 0 Å². The highest BCUT2D eigenvalue weighted by Gasteiger charge is 2.28. The second kappa shape index (κ2) is 7.25. The first-order valence-electron chi connectivity index (χ1n) is 7.86. The molecule has 2 saturated heterocycles. The zero-order valence-corrected chi connectivity index (χ0v) is 12.2. The van der Waals surface area contributed by atoms with Crippen LogP contribution in [-0.4, -0.2) is 59.6 Å². The van der Waals surface area contributed by atoms with E-state index in [2.05, 4.69) is 9.80 Å². The van der Waals surface area contributed by atoms with Crippen molar-refractivity contribution < 1.29 is 9.90 Å². The molecule has 0 aromatic heterocycles. The van der Waals surface area contributed by atoms with Gasteiger partial charge in [-0.1, -0.05) is 12.8 Å². The number of aliphatic carboxylic acids is 1. The molecule has 2 fully saturated rings. The standard InChI is InChI=1S/C15H28N2O2/c1-13(15(18)19)17-10-6-7-14(12-17)11-16-8-4-2-3-5-9-16/h13-14H,2-12H2,1H3,(H,18,19)/t13-,14+/m1/s1. The maximum atomic E-state index is 11.1. The summed E-state index contributed by atoms with van der Waals surface area (Å²) in [6, 6.07) is -0.327. The molecule has 0 saturated carbocycles. The monoisotopic (exact) mass is 268 g/mol. The summed E-state index contributed by atoms with van der Waals surface area (Å²) < 4.78 is 0. The summed E-state index contributed by atoms with van der Waals surface area (Å²) in [6.45, 7) is 7.38. The van der Waals surface area contributed by atoms with E-state index in [-0.39, 0.29) is 6.04 Å². The molecular weight excluding hydrogens is 240 g/mol. The van der Waals surface area contributed by atoms with E-state index >= 15 is 0 Å². The maximum Gasteiger partial charge on any atom is 0.320 e. The molecule has 0 aromatic carbocycles. The Bertz CT molecular complexity index is 288. The number of hydrogen-bond acceptors (Lipinski definition) is 3. The molecule has 0 spiro atoms. The number of rotatable bonds is 4. The lowest BCUT2D eigenvalue weighted by molar-refractivity contribution is -0.143. The van der Waals surface area contributed by atoms with Crippen molar-refractivity contribution in [1.29, 1.82) is 0 Å². The van der Waals surface area contributed by atoms with Crippen LogP contribution < -0.4 is 0 Å². The Balaban J connectivity index is 1.81. The molecule has 0 bridgehead atoms. The van der Waals surface area contributed by atoms with Crippen LogP contribution in [0.4, 0.5) is 0 Å². The number of carboxylic acids is 1. The molecule has 2 atom stereocenters. The normalized spacial score (nSPS) is 28.8. The highest BCUT2D eigenvalue weighted by Crippen LogP contribution is 2.21. The highest BCUT2D eigenvalue weighted by molar-refractivity contribution is 5.72. The Morgan fingerprint density at radius 3 is 2.47 bits per heavy atom. The van der Waals surface area contributed by atoms with Crippen molar-refractivity contribution in [2.45, 2.75) is 51.5 Å². The van der Waals surface area contributed by atoms with Crippen LogP contribution in [-0.2, 0) is 4.79 Å². The van der Waals surface area contributed by atoms with Crippen molar-refractivity contribution in [2.24, 2.45) is 5.92 Å². The average molecular weight is 268 g/mol. The van der Waals surface area contributed by atoms with Crippen LogP contribution in [0.25, 0.3) is 0 Å². The van der Waals surface area contributed by atoms with Crippen LogP contribution in [0.1, 0.15) is 45.4 Å². The fourth-order valence-corrected chi connectivity index (χ4v) is 3.44. The Morgan fingerprint density at radius 2 is 1.84 bits per heavy atom. The van der Waals surface area contributed by atoms with Crippen LogP contribution in [0.3, 0.4) is 0 Å². The van der Waals surface area contributed by atoms with Gasteiger partial charge in [0.25, 0.3) is 0 Å². The van der Waals surface area contributed by atoms with Crippen molar-refractivity contribution in [3.8, 4) is 0 Å². The first-order chi connectivity index (χ1) is 9.16. The summed E-state index contributed by atoms with van der Waals surface area (Å²) >= 11 is 0. The second-order valence-corrected chi connectivity index (χ2v) is 6.23. The molecule has 0 unspecified atom stereocenters. The molecule has 0 aromatic rings. The van der Waals surface area contributed by atoms with Gasteiger partial charge in [-0.2, -0.15) is 0 Å². The molecule has 4 nitrogen and oxygen atoms in total. The minimum Gasteiger partial charge on any atom is -0.480 e. The van der Waals surface area contributed by atoms with E-state index in [4.69, 9.17) is 5.11 Å². The molecule has 2 heterocycles. The van der Waals surface area contributed by atoms with E-state index in [1.54, 1.807) is 0 Å². The third-order valence-electron chi connectivity index (χ3n) is 4.67. The van der Waals surface area contributed by atoms with Gasteiger partial charge < -0.3 is 10.0 Å². The van der Waals surface area contributed by atoms with Crippen molar-refractivity contribution in [3.63, 3.8) is 0 Å². The first kappa shape index (κ1) is 14.8. The minimum absolute atomic E-state index is 0.327. The highest BCUT2D eigenvalue weighted by atomic mass is 16.4. The number of carbonyl (C=O) groups is 1. The van der Waals surface area contributed by atoms with Gasteiger partial charge in [-0.3, -0.25) is 9.69 Å². The number of carboxylic acid groups (broad SMARTS) is 1. The predicted octanol–water partition coefficient (Wildman–Crippen LogP) is 2.05. The average Bonchev–Trinajstić information content (AvgIpc) is 2.66. The van der Waals surface area contributed by atoms with E-state index in [1.807, 2.05) is 6.92 Å². The smallest absolute Gasteiger partial charge is 0.320 e. The van der Waals surface area contributed by atoms with Crippen LogP contribution in [0, 0.1) is 5.92 Å². The lowest BCUT2D eigenvalue weighted by atomic mass is 9.96. The second-order valence-electron chi connectivity index (χ2n) is 6.23. The zero-order chi connectivity index (χ0) is 13.7. The van der Waals surface area contributed by atoms with Gasteiger partial charge in [0, 0.05) is 13.1 Å². The lowest BCUT2D eigenvalue weighted by Crippen LogP contribution is -2.47. The maximum absolute atomic E-state index is 11.1. The number of hydrogen-bond donors (Lipinski definition) is 1. The quantitative estimate of drug-likeness (QED) is 0.847.